The van der Waals surface area contributed by atoms with Gasteiger partial charge >= 0.3 is 5.97 Å². The van der Waals surface area contributed by atoms with Crippen molar-refractivity contribution in [3.8, 4) is 11.3 Å². The van der Waals surface area contributed by atoms with Gasteiger partial charge in [-0.05, 0) is 30.3 Å². The average molecular weight is 370 g/mol. The lowest BCUT2D eigenvalue weighted by molar-refractivity contribution is 0.0601. The molecule has 0 saturated heterocycles. The molecule has 136 valence electrons. The van der Waals surface area contributed by atoms with Crippen LogP contribution in [0.1, 0.15) is 20.8 Å². The molecule has 3 rings (SSSR count). The van der Waals surface area contributed by atoms with E-state index in [0.29, 0.717) is 17.8 Å². The second-order valence-electron chi connectivity index (χ2n) is 5.30. The van der Waals surface area contributed by atoms with Crippen LogP contribution >= 0.6 is 0 Å². The summed E-state index contributed by atoms with van der Waals surface area (Å²) in [5.41, 5.74) is 0.639. The third kappa shape index (κ3) is 3.92. The van der Waals surface area contributed by atoms with Gasteiger partial charge in [-0.25, -0.2) is 13.6 Å². The zero-order valence-corrected chi connectivity index (χ0v) is 13.9. The molecule has 0 aliphatic carbocycles. The van der Waals surface area contributed by atoms with Crippen molar-refractivity contribution in [2.75, 3.05) is 12.4 Å². The van der Waals surface area contributed by atoms with E-state index in [1.165, 1.54) is 6.07 Å². The minimum atomic E-state index is -1.24. The van der Waals surface area contributed by atoms with Gasteiger partial charge in [0.1, 0.15) is 0 Å². The largest absolute Gasteiger partial charge is 0.465 e. The van der Waals surface area contributed by atoms with Gasteiger partial charge in [-0.2, -0.15) is 0 Å². The van der Waals surface area contributed by atoms with Gasteiger partial charge in [0.05, 0.1) is 24.1 Å². The summed E-state index contributed by atoms with van der Waals surface area (Å²) in [6.45, 7) is 0. The van der Waals surface area contributed by atoms with Gasteiger partial charge in [0.25, 0.3) is 5.91 Å². The molecule has 0 radical (unpaired) electrons. The van der Waals surface area contributed by atoms with Crippen molar-refractivity contribution in [2.24, 2.45) is 0 Å². The predicted octanol–water partition coefficient (Wildman–Crippen LogP) is 2.86. The number of pyridine rings is 1. The van der Waals surface area contributed by atoms with Crippen LogP contribution in [0.4, 0.5) is 14.5 Å². The Morgan fingerprint density at radius 2 is 1.70 bits per heavy atom. The number of hydrogen-bond donors (Lipinski definition) is 1. The number of benzene rings is 1. The number of hydrogen-bond acceptors (Lipinski definition) is 6. The minimum absolute atomic E-state index is 0.0756. The number of nitrogens with zero attached hydrogens (tertiary/aromatic N) is 3. The van der Waals surface area contributed by atoms with Crippen molar-refractivity contribution < 1.29 is 23.1 Å². The third-order valence-electron chi connectivity index (χ3n) is 3.59. The Labute approximate surface area is 152 Å². The fraction of sp³-hybridized carbons (Fsp3) is 0.0556. The van der Waals surface area contributed by atoms with E-state index >= 15 is 0 Å². The van der Waals surface area contributed by atoms with Gasteiger partial charge in [-0.15, -0.1) is 10.2 Å². The maximum Gasteiger partial charge on any atom is 0.340 e. The van der Waals surface area contributed by atoms with Crippen molar-refractivity contribution in [2.45, 2.75) is 0 Å². The van der Waals surface area contributed by atoms with Crippen LogP contribution < -0.4 is 5.32 Å². The van der Waals surface area contributed by atoms with Crippen molar-refractivity contribution in [1.82, 2.24) is 15.2 Å². The van der Waals surface area contributed by atoms with Crippen LogP contribution in [0.2, 0.25) is 0 Å². The molecular weight excluding hydrogens is 358 g/mol. The summed E-state index contributed by atoms with van der Waals surface area (Å²) in [5.74, 6) is -4.14. The number of ether oxygens (including phenoxy) is 1. The van der Waals surface area contributed by atoms with Crippen LogP contribution in [0.25, 0.3) is 11.3 Å². The van der Waals surface area contributed by atoms with Crippen LogP contribution in [-0.4, -0.2) is 34.2 Å². The molecule has 0 spiro atoms. The molecule has 2 heterocycles. The summed E-state index contributed by atoms with van der Waals surface area (Å²) in [7, 11) is 1.08. The van der Waals surface area contributed by atoms with E-state index in [2.05, 4.69) is 25.2 Å². The minimum Gasteiger partial charge on any atom is -0.465 e. The van der Waals surface area contributed by atoms with Gasteiger partial charge in [0, 0.05) is 24.0 Å². The highest BCUT2D eigenvalue weighted by molar-refractivity contribution is 6.07. The maximum absolute atomic E-state index is 13.5. The highest BCUT2D eigenvalue weighted by Crippen LogP contribution is 2.22. The standard InChI is InChI=1S/C18H12F2N4O3/c1-27-18(26)11-8-12(19)13(20)9-16(11)22-17(25)15-3-2-14(23-24-15)10-4-6-21-7-5-10/h2-9H,1H3,(H,22,25). The summed E-state index contributed by atoms with van der Waals surface area (Å²) < 4.78 is 31.4. The molecule has 0 aliphatic heterocycles. The summed E-state index contributed by atoms with van der Waals surface area (Å²) in [4.78, 5) is 27.9. The lowest BCUT2D eigenvalue weighted by atomic mass is 10.1. The van der Waals surface area contributed by atoms with Gasteiger partial charge in [0.2, 0.25) is 0 Å². The average Bonchev–Trinajstić information content (AvgIpc) is 2.70. The monoisotopic (exact) mass is 370 g/mol. The van der Waals surface area contributed by atoms with Crippen molar-refractivity contribution in [1.29, 1.82) is 0 Å². The van der Waals surface area contributed by atoms with Gasteiger partial charge in [-0.1, -0.05) is 0 Å². The van der Waals surface area contributed by atoms with Crippen LogP contribution in [-0.2, 0) is 4.74 Å². The number of aromatic nitrogens is 3. The molecule has 9 heteroatoms. The number of esters is 1. The van der Waals surface area contributed by atoms with E-state index in [0.717, 1.165) is 12.7 Å². The van der Waals surface area contributed by atoms with E-state index in [4.69, 9.17) is 0 Å². The van der Waals surface area contributed by atoms with Gasteiger partial charge < -0.3 is 10.1 Å². The first-order valence-corrected chi connectivity index (χ1v) is 7.62. The summed E-state index contributed by atoms with van der Waals surface area (Å²) in [6.07, 6.45) is 3.18. The van der Waals surface area contributed by atoms with Crippen molar-refractivity contribution in [3.63, 3.8) is 0 Å². The molecule has 0 aliphatic rings. The Morgan fingerprint density at radius 1 is 1.00 bits per heavy atom. The van der Waals surface area contributed by atoms with E-state index in [1.807, 2.05) is 0 Å². The zero-order chi connectivity index (χ0) is 19.4. The molecule has 0 bridgehead atoms. The molecule has 0 unspecified atom stereocenters. The number of halogens is 2. The Hall–Kier alpha value is -3.75. The highest BCUT2D eigenvalue weighted by Gasteiger charge is 2.19. The molecule has 1 N–H and O–H groups in total. The SMILES string of the molecule is COC(=O)c1cc(F)c(F)cc1NC(=O)c1ccc(-c2ccncc2)nn1. The molecule has 1 aromatic carbocycles. The third-order valence-corrected chi connectivity index (χ3v) is 3.59. The van der Waals surface area contributed by atoms with Crippen LogP contribution in [0, 0.1) is 11.6 Å². The Morgan fingerprint density at radius 3 is 2.33 bits per heavy atom. The molecule has 1 amide bonds. The van der Waals surface area contributed by atoms with E-state index < -0.39 is 23.5 Å². The predicted molar refractivity (Wildman–Crippen MR) is 90.9 cm³/mol. The summed E-state index contributed by atoms with van der Waals surface area (Å²) >= 11 is 0. The molecule has 7 nitrogen and oxygen atoms in total. The van der Waals surface area contributed by atoms with E-state index in [-0.39, 0.29) is 16.9 Å². The van der Waals surface area contributed by atoms with Gasteiger partial charge in [-0.3, -0.25) is 9.78 Å². The van der Waals surface area contributed by atoms with E-state index in [1.54, 1.807) is 30.6 Å². The quantitative estimate of drug-likeness (QED) is 0.710. The first-order valence-electron chi connectivity index (χ1n) is 7.62. The maximum atomic E-state index is 13.5. The normalized spacial score (nSPS) is 10.3. The molecule has 0 atom stereocenters. The first kappa shape index (κ1) is 18.1. The Balaban J connectivity index is 1.85. The first-order chi connectivity index (χ1) is 13.0. The Kier molecular flexibility index (Phi) is 5.11. The number of rotatable bonds is 4. The molecular formula is C18H12F2N4O3. The number of nitrogens with one attached hydrogen (secondary N) is 1. The molecule has 27 heavy (non-hydrogen) atoms. The zero-order valence-electron chi connectivity index (χ0n) is 13.9. The lowest BCUT2D eigenvalue weighted by Gasteiger charge is -2.10. The van der Waals surface area contributed by atoms with Crippen LogP contribution in [0.5, 0.6) is 0 Å². The fourth-order valence-electron chi connectivity index (χ4n) is 2.25. The second-order valence-corrected chi connectivity index (χ2v) is 5.30. The second kappa shape index (κ2) is 7.65. The number of methoxy groups -OCH3 is 1. The topological polar surface area (TPSA) is 94.1 Å². The van der Waals surface area contributed by atoms with E-state index in [9.17, 15) is 18.4 Å². The number of carbonyl (C=O) groups is 2. The molecule has 0 saturated carbocycles. The smallest absolute Gasteiger partial charge is 0.340 e. The van der Waals surface area contributed by atoms with Crippen molar-refractivity contribution >= 4 is 17.6 Å². The summed E-state index contributed by atoms with van der Waals surface area (Å²) in [6, 6.07) is 7.79. The number of carbonyl (C=O) groups excluding carboxylic acids is 2. The van der Waals surface area contributed by atoms with Crippen LogP contribution in [0.3, 0.4) is 0 Å². The van der Waals surface area contributed by atoms with Crippen molar-refractivity contribution in [3.05, 3.63) is 71.7 Å². The molecule has 0 fully saturated rings. The number of anilines is 1. The van der Waals surface area contributed by atoms with Gasteiger partial charge in [0.15, 0.2) is 17.3 Å². The fourth-order valence-corrected chi connectivity index (χ4v) is 2.25. The lowest BCUT2D eigenvalue weighted by Crippen LogP contribution is -2.18. The van der Waals surface area contributed by atoms with Crippen LogP contribution in [0.15, 0.2) is 48.8 Å². The Bertz CT molecular complexity index is 995. The summed E-state index contributed by atoms with van der Waals surface area (Å²) in [5, 5.41) is 10.1. The molecule has 2 aromatic heterocycles. The molecule has 3 aromatic rings. The highest BCUT2D eigenvalue weighted by atomic mass is 19.2. The number of amides is 1.